The molecule has 0 heterocycles. The van der Waals surface area contributed by atoms with Crippen LogP contribution in [-0.2, 0) is 11.2 Å². The van der Waals surface area contributed by atoms with Crippen molar-refractivity contribution in [1.82, 2.24) is 10.6 Å². The van der Waals surface area contributed by atoms with Crippen LogP contribution < -0.4 is 10.6 Å². The van der Waals surface area contributed by atoms with Crippen molar-refractivity contribution in [3.63, 3.8) is 0 Å². The molecule has 0 saturated carbocycles. The van der Waals surface area contributed by atoms with Crippen molar-refractivity contribution in [1.29, 1.82) is 0 Å². The third-order valence-electron chi connectivity index (χ3n) is 2.25. The van der Waals surface area contributed by atoms with Crippen molar-refractivity contribution >= 4 is 21.8 Å². The van der Waals surface area contributed by atoms with Gasteiger partial charge < -0.3 is 10.6 Å². The maximum atomic E-state index is 11.4. The Morgan fingerprint density at radius 3 is 2.56 bits per heavy atom. The lowest BCUT2D eigenvalue weighted by Crippen LogP contribution is -2.30. The first-order valence-corrected chi connectivity index (χ1v) is 6.17. The highest BCUT2D eigenvalue weighted by atomic mass is 79.9. The van der Waals surface area contributed by atoms with Crippen LogP contribution >= 0.6 is 15.9 Å². The molecule has 1 rings (SSSR count). The number of rotatable bonds is 6. The summed E-state index contributed by atoms with van der Waals surface area (Å²) in [6.45, 7) is 1.50. The minimum atomic E-state index is 0.109. The molecular formula is C12H17BrN2O. The minimum Gasteiger partial charge on any atom is -0.355 e. The van der Waals surface area contributed by atoms with E-state index in [0.29, 0.717) is 13.0 Å². The average Bonchev–Trinajstić information content (AvgIpc) is 2.29. The van der Waals surface area contributed by atoms with Crippen LogP contribution in [0, 0.1) is 0 Å². The highest BCUT2D eigenvalue weighted by Crippen LogP contribution is 2.11. The van der Waals surface area contributed by atoms with Crippen molar-refractivity contribution in [3.05, 3.63) is 34.3 Å². The molecule has 0 atom stereocenters. The Hall–Kier alpha value is -0.870. The summed E-state index contributed by atoms with van der Waals surface area (Å²) < 4.78 is 1.06. The van der Waals surface area contributed by atoms with E-state index in [4.69, 9.17) is 0 Å². The van der Waals surface area contributed by atoms with Gasteiger partial charge in [-0.25, -0.2) is 0 Å². The number of benzene rings is 1. The fourth-order valence-corrected chi connectivity index (χ4v) is 1.59. The van der Waals surface area contributed by atoms with E-state index < -0.39 is 0 Å². The smallest absolute Gasteiger partial charge is 0.220 e. The molecule has 16 heavy (non-hydrogen) atoms. The average molecular weight is 285 g/mol. The number of carbonyl (C=O) groups excluding carboxylic acids is 1. The SMILES string of the molecule is CNCCNC(=O)CCc1ccc(Br)cc1. The molecule has 0 aliphatic carbocycles. The van der Waals surface area contributed by atoms with E-state index in [2.05, 4.69) is 26.6 Å². The molecule has 0 bridgehead atoms. The van der Waals surface area contributed by atoms with Gasteiger partial charge in [-0.3, -0.25) is 4.79 Å². The Balaban J connectivity index is 2.23. The number of hydrogen-bond donors (Lipinski definition) is 2. The van der Waals surface area contributed by atoms with Crippen LogP contribution in [0.4, 0.5) is 0 Å². The van der Waals surface area contributed by atoms with Crippen molar-refractivity contribution in [2.75, 3.05) is 20.1 Å². The molecule has 1 amide bonds. The molecule has 0 unspecified atom stereocenters. The molecule has 0 saturated heterocycles. The van der Waals surface area contributed by atoms with Crippen molar-refractivity contribution in [3.8, 4) is 0 Å². The van der Waals surface area contributed by atoms with Crippen LogP contribution in [0.3, 0.4) is 0 Å². The predicted octanol–water partition coefficient (Wildman–Crippen LogP) is 1.72. The number of nitrogens with one attached hydrogen (secondary N) is 2. The van der Waals surface area contributed by atoms with Crippen LogP contribution in [0.25, 0.3) is 0 Å². The second-order valence-electron chi connectivity index (χ2n) is 3.58. The Labute approximate surface area is 105 Å². The molecule has 1 aromatic rings. The third-order valence-corrected chi connectivity index (χ3v) is 2.78. The Kier molecular flexibility index (Phi) is 6.11. The summed E-state index contributed by atoms with van der Waals surface area (Å²) in [5.74, 6) is 0.109. The van der Waals surface area contributed by atoms with Gasteiger partial charge in [-0.2, -0.15) is 0 Å². The van der Waals surface area contributed by atoms with E-state index in [0.717, 1.165) is 17.4 Å². The number of halogens is 1. The third kappa shape index (κ3) is 5.28. The fraction of sp³-hybridized carbons (Fsp3) is 0.417. The second kappa shape index (κ2) is 7.41. The van der Waals surface area contributed by atoms with Gasteiger partial charge in [0.1, 0.15) is 0 Å². The van der Waals surface area contributed by atoms with E-state index in [1.54, 1.807) is 0 Å². The molecule has 0 aliphatic rings. The molecule has 0 aliphatic heterocycles. The van der Waals surface area contributed by atoms with Gasteiger partial charge in [0.25, 0.3) is 0 Å². The van der Waals surface area contributed by atoms with Gasteiger partial charge in [0.05, 0.1) is 0 Å². The maximum Gasteiger partial charge on any atom is 0.220 e. The molecule has 88 valence electrons. The summed E-state index contributed by atoms with van der Waals surface area (Å²) in [5.41, 5.74) is 1.19. The highest BCUT2D eigenvalue weighted by molar-refractivity contribution is 9.10. The minimum absolute atomic E-state index is 0.109. The van der Waals surface area contributed by atoms with Crippen molar-refractivity contribution in [2.45, 2.75) is 12.8 Å². The van der Waals surface area contributed by atoms with Crippen molar-refractivity contribution in [2.24, 2.45) is 0 Å². The lowest BCUT2D eigenvalue weighted by atomic mass is 10.1. The zero-order chi connectivity index (χ0) is 11.8. The molecule has 2 N–H and O–H groups in total. The number of amides is 1. The molecular weight excluding hydrogens is 268 g/mol. The molecule has 1 aromatic carbocycles. The van der Waals surface area contributed by atoms with Crippen LogP contribution in [0.15, 0.2) is 28.7 Å². The lowest BCUT2D eigenvalue weighted by molar-refractivity contribution is -0.121. The Bertz CT molecular complexity index is 324. The number of aryl methyl sites for hydroxylation is 1. The quantitative estimate of drug-likeness (QED) is 0.781. The first-order valence-electron chi connectivity index (χ1n) is 5.38. The topological polar surface area (TPSA) is 41.1 Å². The molecule has 3 nitrogen and oxygen atoms in total. The van der Waals surface area contributed by atoms with Gasteiger partial charge in [-0.15, -0.1) is 0 Å². The Morgan fingerprint density at radius 1 is 1.25 bits per heavy atom. The monoisotopic (exact) mass is 284 g/mol. The molecule has 4 heteroatoms. The van der Waals surface area contributed by atoms with Gasteiger partial charge in [0.2, 0.25) is 5.91 Å². The highest BCUT2D eigenvalue weighted by Gasteiger charge is 2.01. The summed E-state index contributed by atoms with van der Waals surface area (Å²) in [5, 5.41) is 5.84. The second-order valence-corrected chi connectivity index (χ2v) is 4.50. The van der Waals surface area contributed by atoms with Crippen molar-refractivity contribution < 1.29 is 4.79 Å². The standard InChI is InChI=1S/C12H17BrN2O/c1-14-8-9-15-12(16)7-4-10-2-5-11(13)6-3-10/h2-3,5-6,14H,4,7-9H2,1H3,(H,15,16). The van der Waals surface area contributed by atoms with Gasteiger partial charge in [-0.1, -0.05) is 28.1 Å². The zero-order valence-corrected chi connectivity index (χ0v) is 11.0. The van der Waals surface area contributed by atoms with Gasteiger partial charge in [0, 0.05) is 24.0 Å². The Morgan fingerprint density at radius 2 is 1.94 bits per heavy atom. The first kappa shape index (κ1) is 13.2. The summed E-state index contributed by atoms with van der Waals surface area (Å²) in [6.07, 6.45) is 1.34. The van der Waals surface area contributed by atoms with Crippen LogP contribution in [0.1, 0.15) is 12.0 Å². The predicted molar refractivity (Wildman–Crippen MR) is 69.4 cm³/mol. The molecule has 0 fully saturated rings. The van der Waals surface area contributed by atoms with Crippen LogP contribution in [0.2, 0.25) is 0 Å². The molecule has 0 radical (unpaired) electrons. The van der Waals surface area contributed by atoms with Crippen LogP contribution in [0.5, 0.6) is 0 Å². The number of likely N-dealkylation sites (N-methyl/N-ethyl adjacent to an activating group) is 1. The van der Waals surface area contributed by atoms with Gasteiger partial charge in [0.15, 0.2) is 0 Å². The maximum absolute atomic E-state index is 11.4. The fourth-order valence-electron chi connectivity index (χ4n) is 1.32. The van der Waals surface area contributed by atoms with Gasteiger partial charge in [-0.05, 0) is 31.2 Å². The summed E-state index contributed by atoms with van der Waals surface area (Å²) in [6, 6.07) is 8.05. The number of carbonyl (C=O) groups is 1. The zero-order valence-electron chi connectivity index (χ0n) is 9.42. The summed E-state index contributed by atoms with van der Waals surface area (Å²) in [7, 11) is 1.87. The van der Waals surface area contributed by atoms with E-state index in [-0.39, 0.29) is 5.91 Å². The largest absolute Gasteiger partial charge is 0.355 e. The van der Waals surface area contributed by atoms with E-state index in [1.165, 1.54) is 5.56 Å². The normalized spacial score (nSPS) is 10.1. The first-order chi connectivity index (χ1) is 7.72. The molecule has 0 aromatic heterocycles. The number of hydrogen-bond acceptors (Lipinski definition) is 2. The van der Waals surface area contributed by atoms with E-state index in [1.807, 2.05) is 31.3 Å². The van der Waals surface area contributed by atoms with E-state index in [9.17, 15) is 4.79 Å². The lowest BCUT2D eigenvalue weighted by Gasteiger charge is -2.04. The summed E-state index contributed by atoms with van der Waals surface area (Å²) >= 11 is 3.38. The molecule has 0 spiro atoms. The van der Waals surface area contributed by atoms with Crippen LogP contribution in [-0.4, -0.2) is 26.0 Å². The summed E-state index contributed by atoms with van der Waals surface area (Å²) in [4.78, 5) is 11.4. The van der Waals surface area contributed by atoms with Gasteiger partial charge >= 0.3 is 0 Å². The van der Waals surface area contributed by atoms with E-state index >= 15 is 0 Å².